The molecule has 2 amide bonds. The number of benzene rings is 2. The van der Waals surface area contributed by atoms with Crippen LogP contribution >= 0.6 is 0 Å². The molecule has 0 saturated carbocycles. The SMILES string of the molecule is CCc1cccc(CC)c1NC(=O)Nc1ccccc1C(F)(F)F. The fraction of sp³-hybridized carbons (Fsp3) is 0.278. The second kappa shape index (κ2) is 7.38. The molecule has 0 spiro atoms. The summed E-state index contributed by atoms with van der Waals surface area (Å²) in [7, 11) is 0. The molecule has 24 heavy (non-hydrogen) atoms. The zero-order chi connectivity index (χ0) is 17.7. The molecule has 0 aliphatic heterocycles. The van der Waals surface area contributed by atoms with Gasteiger partial charge < -0.3 is 10.6 Å². The molecule has 0 fully saturated rings. The summed E-state index contributed by atoms with van der Waals surface area (Å²) >= 11 is 0. The lowest BCUT2D eigenvalue weighted by molar-refractivity contribution is -0.136. The zero-order valence-corrected chi connectivity index (χ0v) is 13.5. The third-order valence-corrected chi connectivity index (χ3v) is 3.72. The normalized spacial score (nSPS) is 11.2. The highest BCUT2D eigenvalue weighted by Crippen LogP contribution is 2.34. The number of amides is 2. The molecule has 0 aliphatic carbocycles. The minimum absolute atomic E-state index is 0.269. The highest BCUT2D eigenvalue weighted by atomic mass is 19.4. The van der Waals surface area contributed by atoms with Gasteiger partial charge in [0, 0.05) is 5.69 Å². The van der Waals surface area contributed by atoms with Crippen molar-refractivity contribution >= 4 is 17.4 Å². The van der Waals surface area contributed by atoms with Gasteiger partial charge in [-0.25, -0.2) is 4.79 Å². The van der Waals surface area contributed by atoms with Gasteiger partial charge in [0.2, 0.25) is 0 Å². The maximum absolute atomic E-state index is 13.0. The van der Waals surface area contributed by atoms with Crippen molar-refractivity contribution in [2.24, 2.45) is 0 Å². The van der Waals surface area contributed by atoms with E-state index in [1.54, 1.807) is 0 Å². The first kappa shape index (κ1) is 17.8. The summed E-state index contributed by atoms with van der Waals surface area (Å²) in [6.45, 7) is 3.91. The number of hydrogen-bond donors (Lipinski definition) is 2. The summed E-state index contributed by atoms with van der Waals surface area (Å²) in [6, 6.07) is 9.89. The van der Waals surface area contributed by atoms with Crippen molar-refractivity contribution in [2.45, 2.75) is 32.9 Å². The van der Waals surface area contributed by atoms with Crippen LogP contribution < -0.4 is 10.6 Å². The molecule has 0 heterocycles. The zero-order valence-electron chi connectivity index (χ0n) is 13.5. The number of carbonyl (C=O) groups is 1. The molecular formula is C18H19F3N2O. The molecule has 2 aromatic carbocycles. The predicted octanol–water partition coefficient (Wildman–Crippen LogP) is 5.47. The lowest BCUT2D eigenvalue weighted by Crippen LogP contribution is -2.23. The Labute approximate surface area is 138 Å². The first-order valence-electron chi connectivity index (χ1n) is 7.71. The summed E-state index contributed by atoms with van der Waals surface area (Å²) in [5, 5.41) is 4.99. The number of nitrogens with one attached hydrogen (secondary N) is 2. The molecule has 0 atom stereocenters. The number of aryl methyl sites for hydroxylation is 2. The van der Waals surface area contributed by atoms with Crippen LogP contribution in [0.2, 0.25) is 0 Å². The van der Waals surface area contributed by atoms with Gasteiger partial charge in [0.05, 0.1) is 11.3 Å². The standard InChI is InChI=1S/C18H19F3N2O/c1-3-12-8-7-9-13(4-2)16(12)23-17(24)22-15-11-6-5-10-14(15)18(19,20)21/h5-11H,3-4H2,1-2H3,(H2,22,23,24). The molecule has 2 rings (SSSR count). The molecule has 6 heteroatoms. The van der Waals surface area contributed by atoms with Crippen molar-refractivity contribution in [2.75, 3.05) is 10.6 Å². The Morgan fingerprint density at radius 2 is 1.50 bits per heavy atom. The van der Waals surface area contributed by atoms with Crippen LogP contribution in [0, 0.1) is 0 Å². The Morgan fingerprint density at radius 1 is 0.917 bits per heavy atom. The van der Waals surface area contributed by atoms with Gasteiger partial charge in [0.15, 0.2) is 0 Å². The van der Waals surface area contributed by atoms with Gasteiger partial charge in [-0.1, -0.05) is 44.2 Å². The number of hydrogen-bond acceptors (Lipinski definition) is 1. The fourth-order valence-electron chi connectivity index (χ4n) is 2.51. The van der Waals surface area contributed by atoms with Crippen LogP contribution in [0.1, 0.15) is 30.5 Å². The van der Waals surface area contributed by atoms with Gasteiger partial charge in [-0.2, -0.15) is 13.2 Å². The van der Waals surface area contributed by atoms with Crippen LogP contribution in [0.4, 0.5) is 29.3 Å². The Morgan fingerprint density at radius 3 is 2.04 bits per heavy atom. The number of halogens is 3. The van der Waals surface area contributed by atoms with Crippen LogP contribution in [0.15, 0.2) is 42.5 Å². The van der Waals surface area contributed by atoms with E-state index in [-0.39, 0.29) is 5.69 Å². The van der Waals surface area contributed by atoms with E-state index in [0.29, 0.717) is 18.5 Å². The fourth-order valence-corrected chi connectivity index (χ4v) is 2.51. The molecule has 128 valence electrons. The largest absolute Gasteiger partial charge is 0.418 e. The van der Waals surface area contributed by atoms with Crippen molar-refractivity contribution in [3.05, 3.63) is 59.2 Å². The number of carbonyl (C=O) groups excluding carboxylic acids is 1. The molecule has 0 saturated heterocycles. The van der Waals surface area contributed by atoms with Crippen LogP contribution in [0.5, 0.6) is 0 Å². The number of rotatable bonds is 4. The van der Waals surface area contributed by atoms with E-state index in [1.807, 2.05) is 32.0 Å². The van der Waals surface area contributed by atoms with E-state index in [2.05, 4.69) is 10.6 Å². The highest BCUT2D eigenvalue weighted by molar-refractivity contribution is 6.01. The van der Waals surface area contributed by atoms with Gasteiger partial charge in [0.25, 0.3) is 0 Å². The predicted molar refractivity (Wildman–Crippen MR) is 89.3 cm³/mol. The Hall–Kier alpha value is -2.50. The van der Waals surface area contributed by atoms with Gasteiger partial charge in [-0.3, -0.25) is 0 Å². The van der Waals surface area contributed by atoms with Crippen LogP contribution in [-0.4, -0.2) is 6.03 Å². The van der Waals surface area contributed by atoms with Crippen LogP contribution in [-0.2, 0) is 19.0 Å². The van der Waals surface area contributed by atoms with Gasteiger partial charge in [-0.05, 0) is 36.1 Å². The van der Waals surface area contributed by atoms with E-state index in [4.69, 9.17) is 0 Å². The molecule has 0 aliphatic rings. The molecule has 3 nitrogen and oxygen atoms in total. The van der Waals surface area contributed by atoms with E-state index in [1.165, 1.54) is 18.2 Å². The smallest absolute Gasteiger partial charge is 0.307 e. The number of alkyl halides is 3. The minimum Gasteiger partial charge on any atom is -0.307 e. The molecular weight excluding hydrogens is 317 g/mol. The average Bonchev–Trinajstić information content (AvgIpc) is 2.54. The first-order chi connectivity index (χ1) is 11.4. The summed E-state index contributed by atoms with van der Waals surface area (Å²) in [4.78, 5) is 12.2. The number of urea groups is 1. The maximum Gasteiger partial charge on any atom is 0.418 e. The summed E-state index contributed by atoms with van der Waals surface area (Å²) in [6.07, 6.45) is -3.11. The van der Waals surface area contributed by atoms with Crippen molar-refractivity contribution in [1.29, 1.82) is 0 Å². The summed E-state index contributed by atoms with van der Waals surface area (Å²) in [5.41, 5.74) is 1.39. The topological polar surface area (TPSA) is 41.1 Å². The lowest BCUT2D eigenvalue weighted by atomic mass is 10.0. The summed E-state index contributed by atoms with van der Waals surface area (Å²) in [5.74, 6) is 0. The van der Waals surface area contributed by atoms with E-state index >= 15 is 0 Å². The van der Waals surface area contributed by atoms with Crippen molar-refractivity contribution in [3.8, 4) is 0 Å². The molecule has 2 N–H and O–H groups in total. The van der Waals surface area contributed by atoms with Crippen LogP contribution in [0.25, 0.3) is 0 Å². The maximum atomic E-state index is 13.0. The van der Waals surface area contributed by atoms with Gasteiger partial charge in [-0.15, -0.1) is 0 Å². The number of anilines is 2. The second-order valence-electron chi connectivity index (χ2n) is 5.28. The van der Waals surface area contributed by atoms with Gasteiger partial charge in [0.1, 0.15) is 0 Å². The van der Waals surface area contributed by atoms with Crippen LogP contribution in [0.3, 0.4) is 0 Å². The molecule has 0 bridgehead atoms. The number of para-hydroxylation sites is 2. The third kappa shape index (κ3) is 4.07. The summed E-state index contributed by atoms with van der Waals surface area (Å²) < 4.78 is 39.0. The first-order valence-corrected chi connectivity index (χ1v) is 7.71. The van der Waals surface area contributed by atoms with E-state index in [9.17, 15) is 18.0 Å². The van der Waals surface area contributed by atoms with Crippen molar-refractivity contribution in [3.63, 3.8) is 0 Å². The van der Waals surface area contributed by atoms with E-state index < -0.39 is 17.8 Å². The Kier molecular flexibility index (Phi) is 5.49. The average molecular weight is 336 g/mol. The molecule has 2 aromatic rings. The Balaban J connectivity index is 2.25. The molecule has 0 radical (unpaired) electrons. The highest BCUT2D eigenvalue weighted by Gasteiger charge is 2.33. The molecule has 0 unspecified atom stereocenters. The van der Waals surface area contributed by atoms with E-state index in [0.717, 1.165) is 17.2 Å². The Bertz CT molecular complexity index is 704. The molecule has 0 aromatic heterocycles. The minimum atomic E-state index is -4.53. The quantitative estimate of drug-likeness (QED) is 0.763. The second-order valence-corrected chi connectivity index (χ2v) is 5.28. The lowest BCUT2D eigenvalue weighted by Gasteiger charge is -2.17. The third-order valence-electron chi connectivity index (χ3n) is 3.72. The van der Waals surface area contributed by atoms with Crippen molar-refractivity contribution < 1.29 is 18.0 Å². The van der Waals surface area contributed by atoms with Gasteiger partial charge >= 0.3 is 12.2 Å². The monoisotopic (exact) mass is 336 g/mol. The van der Waals surface area contributed by atoms with Crippen molar-refractivity contribution in [1.82, 2.24) is 0 Å².